The Bertz CT molecular complexity index is 661. The average molecular weight is 303 g/mol. The minimum atomic E-state index is 0.367. The molecule has 1 unspecified atom stereocenters. The molecule has 2 aliphatic rings. The molecule has 2 aromatic rings. The molecule has 0 bridgehead atoms. The van der Waals surface area contributed by atoms with Crippen LogP contribution in [0.3, 0.4) is 0 Å². The molecule has 1 saturated heterocycles. The third kappa shape index (κ3) is 2.32. The van der Waals surface area contributed by atoms with Crippen LogP contribution in [0.25, 0.3) is 10.2 Å². The van der Waals surface area contributed by atoms with Crippen molar-refractivity contribution < 1.29 is 4.74 Å². The van der Waals surface area contributed by atoms with E-state index < -0.39 is 0 Å². The number of anilines is 1. The van der Waals surface area contributed by atoms with E-state index in [0.717, 1.165) is 37.8 Å². The lowest BCUT2D eigenvalue weighted by atomic mass is 9.97. The van der Waals surface area contributed by atoms with Gasteiger partial charge in [-0.25, -0.2) is 9.97 Å². The van der Waals surface area contributed by atoms with Gasteiger partial charge in [-0.3, -0.25) is 0 Å². The van der Waals surface area contributed by atoms with Crippen LogP contribution in [-0.4, -0.2) is 29.7 Å². The maximum absolute atomic E-state index is 5.51. The summed E-state index contributed by atoms with van der Waals surface area (Å²) in [4.78, 5) is 12.5. The molecule has 0 amide bonds. The third-order valence-corrected chi connectivity index (χ3v) is 5.66. The van der Waals surface area contributed by atoms with E-state index in [1.165, 1.54) is 46.3 Å². The van der Waals surface area contributed by atoms with Crippen LogP contribution in [0.1, 0.15) is 48.4 Å². The van der Waals surface area contributed by atoms with Gasteiger partial charge in [0.2, 0.25) is 0 Å². The molecule has 1 fully saturated rings. The normalized spacial score (nSPS) is 21.7. The number of hydrogen-bond acceptors (Lipinski definition) is 5. The highest BCUT2D eigenvalue weighted by molar-refractivity contribution is 7.19. The Morgan fingerprint density at radius 3 is 3.00 bits per heavy atom. The number of nitrogens with one attached hydrogen (secondary N) is 1. The molecule has 112 valence electrons. The summed E-state index contributed by atoms with van der Waals surface area (Å²) in [5, 5.41) is 4.76. The Hall–Kier alpha value is -1.20. The molecule has 0 aromatic carbocycles. The second kappa shape index (κ2) is 5.54. The van der Waals surface area contributed by atoms with Crippen LogP contribution in [0.5, 0.6) is 0 Å². The van der Waals surface area contributed by atoms with Gasteiger partial charge in [-0.2, -0.15) is 0 Å². The van der Waals surface area contributed by atoms with Crippen molar-refractivity contribution in [2.45, 2.75) is 44.9 Å². The van der Waals surface area contributed by atoms with Crippen LogP contribution in [0.2, 0.25) is 0 Å². The summed E-state index contributed by atoms with van der Waals surface area (Å²) in [6.45, 7) is 4.63. The van der Waals surface area contributed by atoms with Gasteiger partial charge in [0.05, 0.1) is 12.0 Å². The molecule has 4 nitrogen and oxygen atoms in total. The summed E-state index contributed by atoms with van der Waals surface area (Å²) in [6.07, 6.45) is 6.05. The molecule has 1 N–H and O–H groups in total. The fourth-order valence-electron chi connectivity index (χ4n) is 3.39. The standard InChI is InChI=1S/C16H21N3OS/c1-2-17-15-13-11-5-3-4-6-12(11)21-16(13)19-14(18-15)10-7-8-20-9-10/h10H,2-9H2,1H3,(H,17,18,19). The van der Waals surface area contributed by atoms with Crippen LogP contribution < -0.4 is 5.32 Å². The zero-order chi connectivity index (χ0) is 14.2. The van der Waals surface area contributed by atoms with Gasteiger partial charge >= 0.3 is 0 Å². The third-order valence-electron chi connectivity index (χ3n) is 4.47. The summed E-state index contributed by atoms with van der Waals surface area (Å²) in [5.74, 6) is 2.38. The first kappa shape index (κ1) is 13.5. The zero-order valence-corrected chi connectivity index (χ0v) is 13.3. The van der Waals surface area contributed by atoms with Gasteiger partial charge in [0.1, 0.15) is 16.5 Å². The molecule has 0 saturated carbocycles. The summed E-state index contributed by atoms with van der Waals surface area (Å²) >= 11 is 1.88. The highest BCUT2D eigenvalue weighted by Crippen LogP contribution is 2.39. The van der Waals surface area contributed by atoms with Gasteiger partial charge in [0, 0.05) is 23.9 Å². The fourth-order valence-corrected chi connectivity index (χ4v) is 4.66. The monoisotopic (exact) mass is 303 g/mol. The predicted octanol–water partition coefficient (Wildman–Crippen LogP) is 3.51. The fraction of sp³-hybridized carbons (Fsp3) is 0.625. The number of fused-ring (bicyclic) bond motifs is 3. The Kier molecular flexibility index (Phi) is 3.55. The lowest BCUT2D eigenvalue weighted by molar-refractivity contribution is 0.193. The van der Waals surface area contributed by atoms with Crippen molar-refractivity contribution in [1.82, 2.24) is 9.97 Å². The second-order valence-corrected chi connectivity index (χ2v) is 7.00. The Labute approximate surface area is 128 Å². The molecule has 1 atom stereocenters. The van der Waals surface area contributed by atoms with Crippen LogP contribution in [0.15, 0.2) is 0 Å². The van der Waals surface area contributed by atoms with E-state index in [2.05, 4.69) is 12.2 Å². The van der Waals surface area contributed by atoms with E-state index in [9.17, 15) is 0 Å². The van der Waals surface area contributed by atoms with E-state index in [-0.39, 0.29) is 0 Å². The van der Waals surface area contributed by atoms with E-state index >= 15 is 0 Å². The predicted molar refractivity (Wildman–Crippen MR) is 86.4 cm³/mol. The number of hydrogen-bond donors (Lipinski definition) is 1. The lowest BCUT2D eigenvalue weighted by Crippen LogP contribution is -2.09. The highest BCUT2D eigenvalue weighted by Gasteiger charge is 2.25. The number of nitrogens with zero attached hydrogens (tertiary/aromatic N) is 2. The second-order valence-electron chi connectivity index (χ2n) is 5.91. The Morgan fingerprint density at radius 2 is 2.19 bits per heavy atom. The average Bonchev–Trinajstić information content (AvgIpc) is 3.14. The molecular weight excluding hydrogens is 282 g/mol. The maximum Gasteiger partial charge on any atom is 0.138 e. The molecule has 4 rings (SSSR count). The van der Waals surface area contributed by atoms with Gasteiger partial charge in [-0.05, 0) is 44.6 Å². The van der Waals surface area contributed by atoms with E-state index in [1.54, 1.807) is 0 Å². The largest absolute Gasteiger partial charge is 0.381 e. The molecule has 1 aliphatic carbocycles. The summed E-state index contributed by atoms with van der Waals surface area (Å²) in [5.41, 5.74) is 1.51. The molecule has 1 aliphatic heterocycles. The molecule has 21 heavy (non-hydrogen) atoms. The van der Waals surface area contributed by atoms with Gasteiger partial charge in [-0.1, -0.05) is 0 Å². The molecule has 3 heterocycles. The maximum atomic E-state index is 5.51. The van der Waals surface area contributed by atoms with Crippen LogP contribution >= 0.6 is 11.3 Å². The van der Waals surface area contributed by atoms with Crippen LogP contribution in [0.4, 0.5) is 5.82 Å². The smallest absolute Gasteiger partial charge is 0.138 e. The number of aryl methyl sites for hydroxylation is 2. The van der Waals surface area contributed by atoms with Crippen molar-refractivity contribution >= 4 is 27.4 Å². The van der Waals surface area contributed by atoms with Gasteiger partial charge in [0.15, 0.2) is 0 Å². The topological polar surface area (TPSA) is 47.0 Å². The van der Waals surface area contributed by atoms with Crippen molar-refractivity contribution in [3.63, 3.8) is 0 Å². The van der Waals surface area contributed by atoms with Gasteiger partial charge in [-0.15, -0.1) is 11.3 Å². The first-order chi connectivity index (χ1) is 10.4. The quantitative estimate of drug-likeness (QED) is 0.942. The Morgan fingerprint density at radius 1 is 1.29 bits per heavy atom. The SMILES string of the molecule is CCNc1nc(C2CCOC2)nc2sc3c(c12)CCCC3. The van der Waals surface area contributed by atoms with Crippen molar-refractivity contribution in [1.29, 1.82) is 0 Å². The Balaban J connectivity index is 1.87. The van der Waals surface area contributed by atoms with Crippen LogP contribution in [-0.2, 0) is 17.6 Å². The molecule has 0 radical (unpaired) electrons. The highest BCUT2D eigenvalue weighted by atomic mass is 32.1. The molecule has 0 spiro atoms. The molecule has 5 heteroatoms. The van der Waals surface area contributed by atoms with Crippen LogP contribution in [0, 0.1) is 0 Å². The van der Waals surface area contributed by atoms with Crippen molar-refractivity contribution in [3.8, 4) is 0 Å². The van der Waals surface area contributed by atoms with E-state index in [4.69, 9.17) is 14.7 Å². The van der Waals surface area contributed by atoms with E-state index in [1.807, 2.05) is 11.3 Å². The summed E-state index contributed by atoms with van der Waals surface area (Å²) in [6, 6.07) is 0. The zero-order valence-electron chi connectivity index (χ0n) is 12.4. The number of thiophene rings is 1. The van der Waals surface area contributed by atoms with Crippen molar-refractivity contribution in [2.24, 2.45) is 0 Å². The summed E-state index contributed by atoms with van der Waals surface area (Å²) in [7, 11) is 0. The van der Waals surface area contributed by atoms with E-state index in [0.29, 0.717) is 5.92 Å². The lowest BCUT2D eigenvalue weighted by Gasteiger charge is -2.13. The number of aromatic nitrogens is 2. The molecule has 2 aromatic heterocycles. The summed E-state index contributed by atoms with van der Waals surface area (Å²) < 4.78 is 5.51. The van der Waals surface area contributed by atoms with Crippen molar-refractivity contribution in [3.05, 3.63) is 16.3 Å². The van der Waals surface area contributed by atoms with Gasteiger partial charge in [0.25, 0.3) is 0 Å². The minimum absolute atomic E-state index is 0.367. The van der Waals surface area contributed by atoms with Gasteiger partial charge < -0.3 is 10.1 Å². The first-order valence-corrected chi connectivity index (χ1v) is 8.82. The minimum Gasteiger partial charge on any atom is -0.381 e. The number of ether oxygens (including phenoxy) is 1. The van der Waals surface area contributed by atoms with Crippen molar-refractivity contribution in [2.75, 3.05) is 25.1 Å². The first-order valence-electron chi connectivity index (χ1n) is 8.00. The molecular formula is C16H21N3OS. The number of rotatable bonds is 3.